The number of urea groups is 1. The number of sulfone groups is 1. The lowest BCUT2D eigenvalue weighted by molar-refractivity contribution is -0.139. The molecule has 3 N–H and O–H groups in total. The predicted octanol–water partition coefficient (Wildman–Crippen LogP) is 0.260. The summed E-state index contributed by atoms with van der Waals surface area (Å²) in [6, 6.07) is -0.479. The number of carbonyl (C=O) groups is 2. The van der Waals surface area contributed by atoms with Crippen molar-refractivity contribution in [3.63, 3.8) is 0 Å². The summed E-state index contributed by atoms with van der Waals surface area (Å²) in [5.74, 6) is -0.757. The van der Waals surface area contributed by atoms with Gasteiger partial charge in [-0.1, -0.05) is 0 Å². The van der Waals surface area contributed by atoms with E-state index in [2.05, 4.69) is 10.6 Å². The highest BCUT2D eigenvalue weighted by Gasteiger charge is 2.40. The summed E-state index contributed by atoms with van der Waals surface area (Å²) in [5, 5.41) is 13.6. The lowest BCUT2D eigenvalue weighted by atomic mass is 9.74. The first-order chi connectivity index (χ1) is 9.33. The molecule has 0 radical (unpaired) electrons. The van der Waals surface area contributed by atoms with Gasteiger partial charge in [-0.3, -0.25) is 4.79 Å². The van der Waals surface area contributed by atoms with Gasteiger partial charge in [-0.25, -0.2) is 13.2 Å². The van der Waals surface area contributed by atoms with E-state index in [4.69, 9.17) is 5.11 Å². The van der Waals surface area contributed by atoms with E-state index < -0.39 is 32.6 Å². The molecule has 2 rings (SSSR count). The van der Waals surface area contributed by atoms with Crippen LogP contribution in [0.15, 0.2) is 0 Å². The van der Waals surface area contributed by atoms with Crippen molar-refractivity contribution in [1.29, 1.82) is 0 Å². The highest BCUT2D eigenvalue weighted by molar-refractivity contribution is 7.92. The summed E-state index contributed by atoms with van der Waals surface area (Å²) < 4.78 is 23.2. The molecule has 0 aromatic carbocycles. The smallest absolute Gasteiger partial charge is 0.315 e. The molecule has 2 aliphatic rings. The van der Waals surface area contributed by atoms with E-state index >= 15 is 0 Å². The summed E-state index contributed by atoms with van der Waals surface area (Å²) in [7, 11) is -3.07. The zero-order chi connectivity index (χ0) is 14.8. The SMILES string of the molecule is O=C(O)CC1(NC(=O)NCC2CCCS2(=O)=O)CCC1. The molecule has 0 aromatic rings. The van der Waals surface area contributed by atoms with Crippen LogP contribution in [0.3, 0.4) is 0 Å². The highest BCUT2D eigenvalue weighted by Crippen LogP contribution is 2.34. The number of carboxylic acids is 1. The van der Waals surface area contributed by atoms with Crippen LogP contribution in [-0.2, 0) is 14.6 Å². The number of hydrogen-bond donors (Lipinski definition) is 3. The molecule has 1 aliphatic heterocycles. The van der Waals surface area contributed by atoms with Gasteiger partial charge >= 0.3 is 12.0 Å². The summed E-state index contributed by atoms with van der Waals surface area (Å²) in [4.78, 5) is 22.6. The fourth-order valence-corrected chi connectivity index (χ4v) is 4.58. The van der Waals surface area contributed by atoms with Crippen LogP contribution in [0.25, 0.3) is 0 Å². The van der Waals surface area contributed by atoms with Crippen LogP contribution in [0, 0.1) is 0 Å². The Morgan fingerprint density at radius 2 is 1.95 bits per heavy atom. The Morgan fingerprint density at radius 3 is 2.40 bits per heavy atom. The molecule has 0 bridgehead atoms. The Bertz CT molecular complexity index is 498. The predicted molar refractivity (Wildman–Crippen MR) is 72.2 cm³/mol. The lowest BCUT2D eigenvalue weighted by Gasteiger charge is -2.41. The Balaban J connectivity index is 1.82. The first-order valence-electron chi connectivity index (χ1n) is 6.82. The van der Waals surface area contributed by atoms with Gasteiger partial charge in [0.25, 0.3) is 0 Å². The molecule has 1 saturated heterocycles. The van der Waals surface area contributed by atoms with Crippen molar-refractivity contribution in [2.45, 2.75) is 49.3 Å². The van der Waals surface area contributed by atoms with Crippen LogP contribution in [0.1, 0.15) is 38.5 Å². The maximum atomic E-state index is 11.8. The summed E-state index contributed by atoms with van der Waals surface area (Å²) in [6.45, 7) is 0.0946. The minimum Gasteiger partial charge on any atom is -0.481 e. The Labute approximate surface area is 118 Å². The zero-order valence-corrected chi connectivity index (χ0v) is 12.0. The number of amides is 2. The Kier molecular flexibility index (Phi) is 4.22. The molecule has 2 amide bonds. The van der Waals surface area contributed by atoms with Crippen molar-refractivity contribution in [2.24, 2.45) is 0 Å². The fraction of sp³-hybridized carbons (Fsp3) is 0.833. The normalized spacial score (nSPS) is 26.5. The molecule has 8 heteroatoms. The van der Waals surface area contributed by atoms with E-state index in [1.807, 2.05) is 0 Å². The number of rotatable bonds is 5. The maximum absolute atomic E-state index is 11.8. The Hall–Kier alpha value is -1.31. The van der Waals surface area contributed by atoms with Gasteiger partial charge in [-0.05, 0) is 32.1 Å². The average molecular weight is 304 g/mol. The summed E-state index contributed by atoms with van der Waals surface area (Å²) in [6.07, 6.45) is 3.30. The van der Waals surface area contributed by atoms with Crippen molar-refractivity contribution >= 4 is 21.8 Å². The van der Waals surface area contributed by atoms with E-state index in [-0.39, 0.29) is 18.7 Å². The summed E-state index contributed by atoms with van der Waals surface area (Å²) in [5.41, 5.74) is -0.662. The van der Waals surface area contributed by atoms with Gasteiger partial charge in [-0.15, -0.1) is 0 Å². The van der Waals surface area contributed by atoms with Gasteiger partial charge < -0.3 is 15.7 Å². The summed E-state index contributed by atoms with van der Waals surface area (Å²) >= 11 is 0. The molecule has 1 saturated carbocycles. The first-order valence-corrected chi connectivity index (χ1v) is 8.54. The zero-order valence-electron chi connectivity index (χ0n) is 11.2. The molecule has 1 heterocycles. The molecule has 1 aliphatic carbocycles. The van der Waals surface area contributed by atoms with Gasteiger partial charge in [0.1, 0.15) is 0 Å². The van der Waals surface area contributed by atoms with Crippen molar-refractivity contribution < 1.29 is 23.1 Å². The number of aliphatic carboxylic acids is 1. The molecule has 1 atom stereocenters. The third-order valence-corrected chi connectivity index (χ3v) is 6.41. The van der Waals surface area contributed by atoms with Crippen molar-refractivity contribution in [3.8, 4) is 0 Å². The standard InChI is InChI=1S/C12H20N2O5S/c15-10(16)7-12(4-2-5-12)14-11(17)13-8-9-3-1-6-20(9,18)19/h9H,1-8H2,(H,15,16)(H2,13,14,17). The van der Waals surface area contributed by atoms with E-state index in [1.54, 1.807) is 0 Å². The van der Waals surface area contributed by atoms with Crippen LogP contribution < -0.4 is 10.6 Å². The molecule has 20 heavy (non-hydrogen) atoms. The van der Waals surface area contributed by atoms with E-state index in [9.17, 15) is 18.0 Å². The topological polar surface area (TPSA) is 113 Å². The molecule has 7 nitrogen and oxygen atoms in total. The highest BCUT2D eigenvalue weighted by atomic mass is 32.2. The second kappa shape index (κ2) is 5.59. The number of carbonyl (C=O) groups excluding carboxylic acids is 1. The largest absolute Gasteiger partial charge is 0.481 e. The van der Waals surface area contributed by atoms with Gasteiger partial charge in [0.2, 0.25) is 0 Å². The van der Waals surface area contributed by atoms with Crippen LogP contribution in [-0.4, -0.2) is 48.6 Å². The quantitative estimate of drug-likeness (QED) is 0.674. The number of carboxylic acid groups (broad SMARTS) is 1. The molecule has 2 fully saturated rings. The monoisotopic (exact) mass is 304 g/mol. The van der Waals surface area contributed by atoms with Gasteiger partial charge in [0.15, 0.2) is 9.84 Å². The van der Waals surface area contributed by atoms with Crippen LogP contribution in [0.4, 0.5) is 4.79 Å². The third kappa shape index (κ3) is 3.41. The van der Waals surface area contributed by atoms with Crippen LogP contribution in [0.5, 0.6) is 0 Å². The van der Waals surface area contributed by atoms with Gasteiger partial charge in [0, 0.05) is 6.54 Å². The second-order valence-corrected chi connectivity index (χ2v) is 8.07. The average Bonchev–Trinajstić information content (AvgIpc) is 2.62. The third-order valence-electron chi connectivity index (χ3n) is 4.13. The van der Waals surface area contributed by atoms with E-state index in [0.29, 0.717) is 25.7 Å². The van der Waals surface area contributed by atoms with Crippen molar-refractivity contribution in [1.82, 2.24) is 10.6 Å². The van der Waals surface area contributed by atoms with Gasteiger partial charge in [-0.2, -0.15) is 0 Å². The number of hydrogen-bond acceptors (Lipinski definition) is 4. The van der Waals surface area contributed by atoms with Crippen LogP contribution in [0.2, 0.25) is 0 Å². The molecular formula is C12H20N2O5S. The van der Waals surface area contributed by atoms with E-state index in [1.165, 1.54) is 0 Å². The molecular weight excluding hydrogens is 284 g/mol. The Morgan fingerprint density at radius 1 is 1.25 bits per heavy atom. The van der Waals surface area contributed by atoms with Crippen LogP contribution >= 0.6 is 0 Å². The first kappa shape index (κ1) is 15.1. The molecule has 114 valence electrons. The van der Waals surface area contributed by atoms with Crippen molar-refractivity contribution in [2.75, 3.05) is 12.3 Å². The molecule has 0 spiro atoms. The minimum atomic E-state index is -3.07. The van der Waals surface area contributed by atoms with Crippen molar-refractivity contribution in [3.05, 3.63) is 0 Å². The van der Waals surface area contributed by atoms with Gasteiger partial charge in [0.05, 0.1) is 23.0 Å². The molecule has 1 unspecified atom stereocenters. The molecule has 0 aromatic heterocycles. The lowest BCUT2D eigenvalue weighted by Crippen LogP contribution is -2.57. The number of nitrogens with one attached hydrogen (secondary N) is 2. The van der Waals surface area contributed by atoms with E-state index in [0.717, 1.165) is 6.42 Å². The fourth-order valence-electron chi connectivity index (χ4n) is 2.82. The second-order valence-electron chi connectivity index (χ2n) is 5.67. The maximum Gasteiger partial charge on any atom is 0.315 e. The minimum absolute atomic E-state index is 0.0946.